The van der Waals surface area contributed by atoms with Crippen molar-refractivity contribution in [1.29, 1.82) is 0 Å². The number of benzene rings is 1. The zero-order valence-corrected chi connectivity index (χ0v) is 11.7. The van der Waals surface area contributed by atoms with E-state index in [9.17, 15) is 0 Å². The summed E-state index contributed by atoms with van der Waals surface area (Å²) in [6.07, 6.45) is 6.16. The van der Waals surface area contributed by atoms with E-state index >= 15 is 0 Å². The Kier molecular flexibility index (Phi) is 7.11. The molecule has 1 rings (SSSR count). The van der Waals surface area contributed by atoms with E-state index in [0.29, 0.717) is 6.61 Å². The average molecular weight is 255 g/mol. The van der Waals surface area contributed by atoms with E-state index in [-0.39, 0.29) is 5.38 Å². The third-order valence-corrected chi connectivity index (χ3v) is 3.33. The molecule has 0 saturated carbocycles. The zero-order valence-electron chi connectivity index (χ0n) is 10.9. The molecule has 96 valence electrons. The first-order chi connectivity index (χ1) is 8.27. The molecule has 0 bridgehead atoms. The molecule has 2 heteroatoms. The van der Waals surface area contributed by atoms with Gasteiger partial charge in [0.15, 0.2) is 0 Å². The van der Waals surface area contributed by atoms with Crippen LogP contribution in [0.1, 0.15) is 56.9 Å². The lowest BCUT2D eigenvalue weighted by Gasteiger charge is -2.10. The molecular weight excluding hydrogens is 232 g/mol. The van der Waals surface area contributed by atoms with Gasteiger partial charge in [-0.25, -0.2) is 0 Å². The minimum Gasteiger partial charge on any atom is -0.494 e. The van der Waals surface area contributed by atoms with Crippen LogP contribution in [0.2, 0.25) is 0 Å². The summed E-state index contributed by atoms with van der Waals surface area (Å²) in [4.78, 5) is 0. The maximum Gasteiger partial charge on any atom is 0.119 e. The summed E-state index contributed by atoms with van der Waals surface area (Å²) in [6, 6.07) is 8.14. The van der Waals surface area contributed by atoms with Crippen LogP contribution in [0.15, 0.2) is 24.3 Å². The van der Waals surface area contributed by atoms with E-state index < -0.39 is 0 Å². The summed E-state index contributed by atoms with van der Waals surface area (Å²) in [5, 5.41) is 0.141. The van der Waals surface area contributed by atoms with Crippen molar-refractivity contribution in [2.45, 2.75) is 51.3 Å². The molecule has 1 aromatic rings. The second-order valence-electron chi connectivity index (χ2n) is 4.32. The number of hydrogen-bond acceptors (Lipinski definition) is 1. The summed E-state index contributed by atoms with van der Waals surface area (Å²) in [5.41, 5.74) is 1.20. The van der Waals surface area contributed by atoms with Gasteiger partial charge in [-0.1, -0.05) is 44.7 Å². The van der Waals surface area contributed by atoms with Gasteiger partial charge >= 0.3 is 0 Å². The fraction of sp³-hybridized carbons (Fsp3) is 0.600. The molecule has 0 aliphatic rings. The Bertz CT molecular complexity index is 294. The Morgan fingerprint density at radius 3 is 2.35 bits per heavy atom. The molecular formula is C15H23ClO. The van der Waals surface area contributed by atoms with Crippen molar-refractivity contribution >= 4 is 11.6 Å². The second-order valence-corrected chi connectivity index (χ2v) is 4.85. The first-order valence-electron chi connectivity index (χ1n) is 6.64. The summed E-state index contributed by atoms with van der Waals surface area (Å²) < 4.78 is 5.41. The van der Waals surface area contributed by atoms with Gasteiger partial charge in [0, 0.05) is 0 Å². The standard InChI is InChI=1S/C15H23ClO/c1-3-5-6-7-8-15(16)13-9-11-14(12-10-13)17-4-2/h9-12,15H,3-8H2,1-2H3. The number of halogens is 1. The highest BCUT2D eigenvalue weighted by Crippen LogP contribution is 2.28. The fourth-order valence-corrected chi connectivity index (χ4v) is 2.16. The minimum atomic E-state index is 0.141. The summed E-state index contributed by atoms with van der Waals surface area (Å²) in [7, 11) is 0. The van der Waals surface area contributed by atoms with Gasteiger partial charge in [0.2, 0.25) is 0 Å². The smallest absolute Gasteiger partial charge is 0.119 e. The van der Waals surface area contributed by atoms with E-state index in [4.69, 9.17) is 16.3 Å². The van der Waals surface area contributed by atoms with E-state index in [2.05, 4.69) is 19.1 Å². The maximum atomic E-state index is 6.37. The lowest BCUT2D eigenvalue weighted by molar-refractivity contribution is 0.340. The van der Waals surface area contributed by atoms with Crippen LogP contribution in [0.4, 0.5) is 0 Å². The quantitative estimate of drug-likeness (QED) is 0.450. The SMILES string of the molecule is CCCCCCC(Cl)c1ccc(OCC)cc1. The van der Waals surface area contributed by atoms with Crippen LogP contribution in [-0.4, -0.2) is 6.61 Å². The van der Waals surface area contributed by atoms with Crippen LogP contribution >= 0.6 is 11.6 Å². The van der Waals surface area contributed by atoms with Crippen LogP contribution in [0.25, 0.3) is 0 Å². The molecule has 1 unspecified atom stereocenters. The topological polar surface area (TPSA) is 9.23 Å². The van der Waals surface area contributed by atoms with E-state index in [1.165, 1.54) is 31.2 Å². The van der Waals surface area contributed by atoms with E-state index in [0.717, 1.165) is 12.2 Å². The first-order valence-corrected chi connectivity index (χ1v) is 7.08. The molecule has 1 aromatic carbocycles. The molecule has 1 atom stereocenters. The highest BCUT2D eigenvalue weighted by atomic mass is 35.5. The van der Waals surface area contributed by atoms with Gasteiger partial charge in [0.1, 0.15) is 5.75 Å². The van der Waals surface area contributed by atoms with Crippen molar-refractivity contribution in [1.82, 2.24) is 0 Å². The number of alkyl halides is 1. The van der Waals surface area contributed by atoms with Gasteiger partial charge in [-0.2, -0.15) is 0 Å². The Balaban J connectivity index is 2.37. The lowest BCUT2D eigenvalue weighted by Crippen LogP contribution is -1.94. The molecule has 0 spiro atoms. The van der Waals surface area contributed by atoms with Crippen molar-refractivity contribution in [3.05, 3.63) is 29.8 Å². The van der Waals surface area contributed by atoms with Crippen LogP contribution in [-0.2, 0) is 0 Å². The monoisotopic (exact) mass is 254 g/mol. The first kappa shape index (κ1) is 14.4. The molecule has 0 heterocycles. The average Bonchev–Trinajstić information content (AvgIpc) is 2.36. The molecule has 1 nitrogen and oxygen atoms in total. The van der Waals surface area contributed by atoms with Gasteiger partial charge in [-0.05, 0) is 31.0 Å². The molecule has 0 amide bonds. The molecule has 0 radical (unpaired) electrons. The zero-order chi connectivity index (χ0) is 12.5. The Hall–Kier alpha value is -0.690. The van der Waals surface area contributed by atoms with Gasteiger partial charge in [0.05, 0.1) is 12.0 Å². The van der Waals surface area contributed by atoms with Crippen molar-refractivity contribution in [3.63, 3.8) is 0 Å². The van der Waals surface area contributed by atoms with Crippen LogP contribution in [0.5, 0.6) is 5.75 Å². The number of ether oxygens (including phenoxy) is 1. The Morgan fingerprint density at radius 2 is 1.76 bits per heavy atom. The Morgan fingerprint density at radius 1 is 1.06 bits per heavy atom. The molecule has 0 aliphatic carbocycles. The molecule has 17 heavy (non-hydrogen) atoms. The van der Waals surface area contributed by atoms with Crippen molar-refractivity contribution in [2.75, 3.05) is 6.61 Å². The van der Waals surface area contributed by atoms with Crippen molar-refractivity contribution < 1.29 is 4.74 Å². The molecule has 0 fully saturated rings. The summed E-state index contributed by atoms with van der Waals surface area (Å²) in [6.45, 7) is 4.93. The molecule has 0 saturated heterocycles. The van der Waals surface area contributed by atoms with E-state index in [1.807, 2.05) is 19.1 Å². The number of unbranched alkanes of at least 4 members (excludes halogenated alkanes) is 3. The molecule has 0 N–H and O–H groups in total. The van der Waals surface area contributed by atoms with Gasteiger partial charge in [0.25, 0.3) is 0 Å². The van der Waals surface area contributed by atoms with E-state index in [1.54, 1.807) is 0 Å². The highest BCUT2D eigenvalue weighted by Gasteiger charge is 2.07. The normalized spacial score (nSPS) is 12.4. The largest absolute Gasteiger partial charge is 0.494 e. The maximum absolute atomic E-state index is 6.37. The predicted molar refractivity (Wildman–Crippen MR) is 75.0 cm³/mol. The van der Waals surface area contributed by atoms with Crippen LogP contribution in [0.3, 0.4) is 0 Å². The van der Waals surface area contributed by atoms with Crippen LogP contribution < -0.4 is 4.74 Å². The predicted octanol–water partition coefficient (Wildman–Crippen LogP) is 5.34. The number of rotatable bonds is 8. The van der Waals surface area contributed by atoms with Gasteiger partial charge in [-0.15, -0.1) is 11.6 Å². The molecule has 0 aliphatic heterocycles. The van der Waals surface area contributed by atoms with Crippen LogP contribution in [0, 0.1) is 0 Å². The third kappa shape index (κ3) is 5.45. The number of hydrogen-bond donors (Lipinski definition) is 0. The second kappa shape index (κ2) is 8.41. The van der Waals surface area contributed by atoms with Gasteiger partial charge in [-0.3, -0.25) is 0 Å². The highest BCUT2D eigenvalue weighted by molar-refractivity contribution is 6.20. The van der Waals surface area contributed by atoms with Crippen molar-refractivity contribution in [3.8, 4) is 5.75 Å². The third-order valence-electron chi connectivity index (χ3n) is 2.86. The summed E-state index contributed by atoms with van der Waals surface area (Å²) >= 11 is 6.37. The summed E-state index contributed by atoms with van der Waals surface area (Å²) in [5.74, 6) is 0.922. The molecule has 0 aromatic heterocycles. The minimum absolute atomic E-state index is 0.141. The fourth-order valence-electron chi connectivity index (χ4n) is 1.86. The Labute approximate surface area is 110 Å². The van der Waals surface area contributed by atoms with Crippen molar-refractivity contribution in [2.24, 2.45) is 0 Å². The van der Waals surface area contributed by atoms with Gasteiger partial charge < -0.3 is 4.74 Å². The lowest BCUT2D eigenvalue weighted by atomic mass is 10.0.